The number of hydrogen-bond donors (Lipinski definition) is 1. The van der Waals surface area contributed by atoms with Crippen LogP contribution in [-0.2, 0) is 6.54 Å². The molecule has 3 aromatic rings. The van der Waals surface area contributed by atoms with Gasteiger partial charge in [-0.3, -0.25) is 0 Å². The van der Waals surface area contributed by atoms with Crippen LogP contribution in [0.4, 0.5) is 0 Å². The van der Waals surface area contributed by atoms with Gasteiger partial charge in [0.25, 0.3) is 0 Å². The number of rotatable bonds is 4. The molecule has 104 valence electrons. The molecule has 0 saturated carbocycles. The van der Waals surface area contributed by atoms with Crippen LogP contribution in [0.3, 0.4) is 0 Å². The average molecular weight is 309 g/mol. The zero-order chi connectivity index (χ0) is 14.1. The minimum Gasteiger partial charge on any atom is -0.309 e. The molecule has 0 aliphatic heterocycles. The molecule has 0 atom stereocenters. The van der Waals surface area contributed by atoms with E-state index in [2.05, 4.69) is 38.2 Å². The molecule has 20 heavy (non-hydrogen) atoms. The summed E-state index contributed by atoms with van der Waals surface area (Å²) < 4.78 is 10.1. The monoisotopic (exact) mass is 308 g/mol. The van der Waals surface area contributed by atoms with E-state index in [0.717, 1.165) is 34.1 Å². The van der Waals surface area contributed by atoms with E-state index in [4.69, 9.17) is 11.6 Å². The second kappa shape index (κ2) is 5.43. The first-order chi connectivity index (χ1) is 9.65. The van der Waals surface area contributed by atoms with E-state index >= 15 is 0 Å². The number of nitrogens with zero attached hydrogens (tertiary/aromatic N) is 5. The molecule has 0 amide bonds. The molecule has 0 spiro atoms. The van der Waals surface area contributed by atoms with E-state index in [1.165, 1.54) is 0 Å². The summed E-state index contributed by atoms with van der Waals surface area (Å²) in [5.41, 5.74) is 3.14. The summed E-state index contributed by atoms with van der Waals surface area (Å²) in [6, 6.07) is 4.05. The minimum atomic E-state index is 0.398. The van der Waals surface area contributed by atoms with Gasteiger partial charge in [-0.1, -0.05) is 30.7 Å². The largest absolute Gasteiger partial charge is 0.309 e. The van der Waals surface area contributed by atoms with Crippen molar-refractivity contribution in [1.29, 1.82) is 0 Å². The zero-order valence-corrected chi connectivity index (χ0v) is 12.6. The maximum atomic E-state index is 6.26. The van der Waals surface area contributed by atoms with Crippen molar-refractivity contribution in [1.82, 2.24) is 29.1 Å². The number of hydrogen-bond acceptors (Lipinski definition) is 6. The van der Waals surface area contributed by atoms with Gasteiger partial charge in [-0.25, -0.2) is 4.68 Å². The second-order valence-electron chi connectivity index (χ2n) is 4.72. The fraction of sp³-hybridized carbons (Fsp3) is 0.333. The molecule has 3 rings (SSSR count). The van der Waals surface area contributed by atoms with Crippen molar-refractivity contribution in [3.8, 4) is 5.69 Å². The number of aromatic nitrogens is 5. The standard InChI is InChI=1S/C12H13ClN6S/c1-7(2)14-5-8-6-19(18-15-8)12-9(13)3-4-10-11(12)17-20-16-10/h3-4,6-7,14H,5H2,1-2H3. The van der Waals surface area contributed by atoms with Gasteiger partial charge >= 0.3 is 0 Å². The van der Waals surface area contributed by atoms with Crippen LogP contribution < -0.4 is 5.32 Å². The first-order valence-corrected chi connectivity index (χ1v) is 7.31. The third-order valence-corrected chi connectivity index (χ3v) is 3.66. The smallest absolute Gasteiger partial charge is 0.132 e. The van der Waals surface area contributed by atoms with E-state index in [9.17, 15) is 0 Å². The quantitative estimate of drug-likeness (QED) is 0.801. The molecule has 0 bridgehead atoms. The van der Waals surface area contributed by atoms with E-state index in [-0.39, 0.29) is 0 Å². The van der Waals surface area contributed by atoms with Gasteiger partial charge in [0, 0.05) is 12.6 Å². The van der Waals surface area contributed by atoms with Gasteiger partial charge in [-0.15, -0.1) is 5.10 Å². The summed E-state index contributed by atoms with van der Waals surface area (Å²) in [7, 11) is 0. The maximum Gasteiger partial charge on any atom is 0.132 e. The molecule has 0 aliphatic rings. The lowest BCUT2D eigenvalue weighted by atomic mass is 10.2. The highest BCUT2D eigenvalue weighted by Crippen LogP contribution is 2.27. The number of benzene rings is 1. The summed E-state index contributed by atoms with van der Waals surface area (Å²) in [6.45, 7) is 4.84. The predicted octanol–water partition coefficient (Wildman–Crippen LogP) is 2.42. The Morgan fingerprint density at radius 1 is 1.35 bits per heavy atom. The van der Waals surface area contributed by atoms with Crippen LogP contribution in [-0.4, -0.2) is 29.8 Å². The Kier molecular flexibility index (Phi) is 3.64. The van der Waals surface area contributed by atoms with E-state index in [1.54, 1.807) is 10.7 Å². The third-order valence-electron chi connectivity index (χ3n) is 2.81. The summed E-state index contributed by atoms with van der Waals surface area (Å²) in [5.74, 6) is 0. The van der Waals surface area contributed by atoms with E-state index in [1.807, 2.05) is 12.3 Å². The van der Waals surface area contributed by atoms with Gasteiger partial charge < -0.3 is 5.32 Å². The normalized spacial score (nSPS) is 11.6. The van der Waals surface area contributed by atoms with Crippen LogP contribution >= 0.6 is 23.3 Å². The first-order valence-electron chi connectivity index (χ1n) is 6.21. The Morgan fingerprint density at radius 2 is 2.20 bits per heavy atom. The maximum absolute atomic E-state index is 6.26. The van der Waals surface area contributed by atoms with Crippen molar-refractivity contribution < 1.29 is 0 Å². The highest BCUT2D eigenvalue weighted by molar-refractivity contribution is 7.00. The molecule has 0 radical (unpaired) electrons. The van der Waals surface area contributed by atoms with Crippen LogP contribution in [0.5, 0.6) is 0 Å². The van der Waals surface area contributed by atoms with Gasteiger partial charge in [0.2, 0.25) is 0 Å². The third kappa shape index (κ3) is 2.52. The number of fused-ring (bicyclic) bond motifs is 1. The summed E-state index contributed by atoms with van der Waals surface area (Å²) in [4.78, 5) is 0. The van der Waals surface area contributed by atoms with Crippen LogP contribution in [0.15, 0.2) is 18.3 Å². The second-order valence-corrected chi connectivity index (χ2v) is 5.65. The first kappa shape index (κ1) is 13.4. The molecule has 8 heteroatoms. The van der Waals surface area contributed by atoms with Crippen LogP contribution in [0.2, 0.25) is 5.02 Å². The zero-order valence-electron chi connectivity index (χ0n) is 11.0. The van der Waals surface area contributed by atoms with Crippen molar-refractivity contribution in [3.05, 3.63) is 29.0 Å². The lowest BCUT2D eigenvalue weighted by Gasteiger charge is -2.05. The molecule has 0 fully saturated rings. The molecule has 2 heterocycles. The Bertz CT molecular complexity index is 734. The van der Waals surface area contributed by atoms with Gasteiger partial charge in [-0.05, 0) is 12.1 Å². The molecule has 0 unspecified atom stereocenters. The van der Waals surface area contributed by atoms with E-state index in [0.29, 0.717) is 17.6 Å². The summed E-state index contributed by atoms with van der Waals surface area (Å²) in [5, 5.41) is 12.2. The van der Waals surface area contributed by atoms with Crippen LogP contribution in [0, 0.1) is 0 Å². The van der Waals surface area contributed by atoms with Gasteiger partial charge in [0.05, 0.1) is 28.6 Å². The van der Waals surface area contributed by atoms with Crippen molar-refractivity contribution in [2.75, 3.05) is 0 Å². The molecule has 0 aliphatic carbocycles. The molecule has 6 nitrogen and oxygen atoms in total. The van der Waals surface area contributed by atoms with E-state index < -0.39 is 0 Å². The fourth-order valence-corrected chi connectivity index (χ4v) is 2.61. The van der Waals surface area contributed by atoms with Crippen molar-refractivity contribution in [2.45, 2.75) is 26.4 Å². The Labute approximate surface area is 125 Å². The molecular formula is C12H13ClN6S. The van der Waals surface area contributed by atoms with Crippen LogP contribution in [0.1, 0.15) is 19.5 Å². The molecule has 0 saturated heterocycles. The Hall–Kier alpha value is -1.57. The number of halogens is 1. The average Bonchev–Trinajstić information content (AvgIpc) is 3.04. The summed E-state index contributed by atoms with van der Waals surface area (Å²) in [6.07, 6.45) is 1.86. The SMILES string of the molecule is CC(C)NCc1cn(-c2c(Cl)ccc3nsnc23)nn1. The highest BCUT2D eigenvalue weighted by atomic mass is 35.5. The molecule has 2 aromatic heterocycles. The summed E-state index contributed by atoms with van der Waals surface area (Å²) >= 11 is 7.42. The predicted molar refractivity (Wildman–Crippen MR) is 79.3 cm³/mol. The lowest BCUT2D eigenvalue weighted by molar-refractivity contribution is 0.580. The minimum absolute atomic E-state index is 0.398. The topological polar surface area (TPSA) is 68.5 Å². The Morgan fingerprint density at radius 3 is 3.00 bits per heavy atom. The highest BCUT2D eigenvalue weighted by Gasteiger charge is 2.13. The van der Waals surface area contributed by atoms with Crippen LogP contribution in [0.25, 0.3) is 16.7 Å². The molecule has 1 aromatic carbocycles. The molecular weight excluding hydrogens is 296 g/mol. The Balaban J connectivity index is 1.99. The lowest BCUT2D eigenvalue weighted by Crippen LogP contribution is -2.21. The van der Waals surface area contributed by atoms with Gasteiger partial charge in [0.1, 0.15) is 16.7 Å². The van der Waals surface area contributed by atoms with Crippen molar-refractivity contribution >= 4 is 34.4 Å². The van der Waals surface area contributed by atoms with Crippen molar-refractivity contribution in [2.24, 2.45) is 0 Å². The number of nitrogens with one attached hydrogen (secondary N) is 1. The van der Waals surface area contributed by atoms with Crippen molar-refractivity contribution in [3.63, 3.8) is 0 Å². The van der Waals surface area contributed by atoms with Gasteiger partial charge in [0.15, 0.2) is 0 Å². The fourth-order valence-electron chi connectivity index (χ4n) is 1.83. The molecule has 1 N–H and O–H groups in total. The van der Waals surface area contributed by atoms with Gasteiger partial charge in [-0.2, -0.15) is 8.75 Å².